The van der Waals surface area contributed by atoms with Crippen molar-refractivity contribution in [2.75, 3.05) is 0 Å². The first kappa shape index (κ1) is 18.5. The summed E-state index contributed by atoms with van der Waals surface area (Å²) in [5.74, 6) is 0.0736. The Morgan fingerprint density at radius 1 is 1.08 bits per heavy atom. The zero-order valence-corrected chi connectivity index (χ0v) is 15.9. The lowest BCUT2D eigenvalue weighted by molar-refractivity contribution is 0.306. The van der Waals surface area contributed by atoms with E-state index in [4.69, 9.17) is 22.3 Å². The van der Waals surface area contributed by atoms with Gasteiger partial charge in [-0.25, -0.2) is 0 Å². The van der Waals surface area contributed by atoms with E-state index in [-0.39, 0.29) is 6.04 Å². The molecule has 0 bridgehead atoms. The first-order chi connectivity index (χ1) is 12.4. The van der Waals surface area contributed by atoms with Gasteiger partial charge in [0.1, 0.15) is 5.84 Å². The van der Waals surface area contributed by atoms with Gasteiger partial charge in [0.15, 0.2) is 5.79 Å². The summed E-state index contributed by atoms with van der Waals surface area (Å²) in [4.78, 5) is 4.81. The number of benzene rings is 2. The van der Waals surface area contributed by atoms with Crippen LogP contribution in [-0.2, 0) is 6.42 Å². The van der Waals surface area contributed by atoms with Crippen molar-refractivity contribution in [3.05, 3.63) is 82.5 Å². The van der Waals surface area contributed by atoms with Gasteiger partial charge in [-0.3, -0.25) is 10.7 Å². The molecule has 2 atom stereocenters. The van der Waals surface area contributed by atoms with E-state index >= 15 is 0 Å². The van der Waals surface area contributed by atoms with E-state index in [1.165, 1.54) is 11.1 Å². The second kappa shape index (κ2) is 7.94. The van der Waals surface area contributed by atoms with E-state index in [0.717, 1.165) is 29.4 Å². The van der Waals surface area contributed by atoms with Crippen LogP contribution in [0.2, 0.25) is 5.02 Å². The molecule has 1 heterocycles. The molecule has 0 fully saturated rings. The summed E-state index contributed by atoms with van der Waals surface area (Å²) in [6, 6.07) is 18.2. The molecule has 0 amide bonds. The summed E-state index contributed by atoms with van der Waals surface area (Å²) in [6.45, 7) is 4.09. The van der Waals surface area contributed by atoms with Crippen molar-refractivity contribution in [1.82, 2.24) is 10.6 Å². The Morgan fingerprint density at radius 3 is 2.46 bits per heavy atom. The highest BCUT2D eigenvalue weighted by Gasteiger charge is 2.28. The molecule has 0 saturated carbocycles. The van der Waals surface area contributed by atoms with E-state index < -0.39 is 5.79 Å². The third-order valence-corrected chi connectivity index (χ3v) is 4.71. The highest BCUT2D eigenvalue weighted by atomic mass is 35.5. The number of rotatable bonds is 5. The van der Waals surface area contributed by atoms with Crippen LogP contribution in [0.25, 0.3) is 0 Å². The Balaban J connectivity index is 1.71. The predicted octanol–water partition coefficient (Wildman–Crippen LogP) is 4.14. The monoisotopic (exact) mass is 368 g/mol. The fourth-order valence-corrected chi connectivity index (χ4v) is 3.22. The van der Waals surface area contributed by atoms with E-state index in [9.17, 15) is 0 Å². The van der Waals surface area contributed by atoms with Gasteiger partial charge < -0.3 is 10.6 Å². The number of aliphatic imine (C=N–C) groups is 1. The molecule has 26 heavy (non-hydrogen) atoms. The molecule has 2 aromatic rings. The Hall–Kier alpha value is -2.30. The summed E-state index contributed by atoms with van der Waals surface area (Å²) >= 11 is 5.95. The fraction of sp³-hybridized carbons (Fsp3) is 0.286. The van der Waals surface area contributed by atoms with E-state index in [0.29, 0.717) is 0 Å². The minimum atomic E-state index is -0.728. The van der Waals surface area contributed by atoms with Crippen LogP contribution in [0.1, 0.15) is 37.4 Å². The predicted molar refractivity (Wildman–Crippen MR) is 109 cm³/mol. The number of allylic oxidation sites excluding steroid dienone is 1. The molecule has 0 radical (unpaired) electrons. The van der Waals surface area contributed by atoms with Crippen molar-refractivity contribution in [3.8, 4) is 0 Å². The molecule has 1 aliphatic heterocycles. The van der Waals surface area contributed by atoms with Gasteiger partial charge in [-0.2, -0.15) is 0 Å². The maximum atomic E-state index is 6.56. The normalized spacial score (nSPS) is 22.3. The van der Waals surface area contributed by atoms with Crippen LogP contribution in [-0.4, -0.2) is 11.6 Å². The maximum Gasteiger partial charge on any atom is 0.162 e. The maximum absolute atomic E-state index is 6.56. The van der Waals surface area contributed by atoms with Gasteiger partial charge in [0, 0.05) is 17.1 Å². The first-order valence-electron chi connectivity index (χ1n) is 8.84. The van der Waals surface area contributed by atoms with E-state index in [2.05, 4.69) is 29.7 Å². The van der Waals surface area contributed by atoms with Gasteiger partial charge in [0.25, 0.3) is 0 Å². The molecule has 0 aliphatic carbocycles. The minimum absolute atomic E-state index is 0.0568. The summed E-state index contributed by atoms with van der Waals surface area (Å²) in [6.07, 6.45) is 3.55. The summed E-state index contributed by atoms with van der Waals surface area (Å²) < 4.78 is 0. The molecule has 2 aromatic carbocycles. The molecular weight excluding hydrogens is 344 g/mol. The third kappa shape index (κ3) is 4.87. The standard InChI is InChI=1S/C21H25ClN4/c1-15-14-20(24-16(2)18-6-4-3-5-7-18)26-21(23,25-15)13-12-17-8-10-19(22)11-9-17/h3-11,14,16,25H,12-13,23H2,1-2H3,(H,24,26)/t16-,21?/m0/s1. The lowest BCUT2D eigenvalue weighted by atomic mass is 10.0. The molecule has 0 spiro atoms. The quantitative estimate of drug-likeness (QED) is 0.743. The van der Waals surface area contributed by atoms with Crippen LogP contribution in [0.15, 0.2) is 71.4 Å². The zero-order valence-electron chi connectivity index (χ0n) is 15.2. The van der Waals surface area contributed by atoms with Gasteiger partial charge >= 0.3 is 0 Å². The zero-order chi connectivity index (χ0) is 18.6. The van der Waals surface area contributed by atoms with Gasteiger partial charge in [0.05, 0.1) is 6.04 Å². The fourth-order valence-electron chi connectivity index (χ4n) is 3.09. The molecule has 4 N–H and O–H groups in total. The van der Waals surface area contributed by atoms with Crippen LogP contribution in [0.5, 0.6) is 0 Å². The lowest BCUT2D eigenvalue weighted by Crippen LogP contribution is -2.67. The number of hydrogen-bond acceptors (Lipinski definition) is 3. The first-order valence-corrected chi connectivity index (χ1v) is 9.22. The molecular formula is C21H25ClN4. The number of nitrogens with two attached hydrogens (primary N) is 1. The Morgan fingerprint density at radius 2 is 1.77 bits per heavy atom. The van der Waals surface area contributed by atoms with Gasteiger partial charge in [0.2, 0.25) is 0 Å². The van der Waals surface area contributed by atoms with Crippen molar-refractivity contribution < 1.29 is 0 Å². The molecule has 5 heteroatoms. The smallest absolute Gasteiger partial charge is 0.162 e. The van der Waals surface area contributed by atoms with Gasteiger partial charge in [-0.15, -0.1) is 0 Å². The number of nitrogens with zero attached hydrogens (tertiary/aromatic N) is 1. The highest BCUT2D eigenvalue weighted by molar-refractivity contribution is 6.30. The number of aryl methyl sites for hydroxylation is 1. The molecule has 1 unspecified atom stereocenters. The van der Waals surface area contributed by atoms with Crippen LogP contribution >= 0.6 is 11.6 Å². The number of halogens is 1. The third-order valence-electron chi connectivity index (χ3n) is 4.46. The largest absolute Gasteiger partial charge is 0.354 e. The summed E-state index contributed by atoms with van der Waals surface area (Å²) in [5.41, 5.74) is 9.94. The number of hydrogen-bond donors (Lipinski definition) is 3. The van der Waals surface area contributed by atoms with Crippen molar-refractivity contribution in [2.45, 2.75) is 38.5 Å². The Labute approximate surface area is 160 Å². The lowest BCUT2D eigenvalue weighted by Gasteiger charge is -2.37. The van der Waals surface area contributed by atoms with Crippen LogP contribution in [0, 0.1) is 0 Å². The highest BCUT2D eigenvalue weighted by Crippen LogP contribution is 2.19. The van der Waals surface area contributed by atoms with Crippen LogP contribution in [0.3, 0.4) is 0 Å². The summed E-state index contributed by atoms with van der Waals surface area (Å²) in [7, 11) is 0. The van der Waals surface area contributed by atoms with Crippen molar-refractivity contribution in [1.29, 1.82) is 0 Å². The van der Waals surface area contributed by atoms with E-state index in [1.807, 2.05) is 55.5 Å². The molecule has 136 valence electrons. The van der Waals surface area contributed by atoms with Gasteiger partial charge in [-0.05, 0) is 49.6 Å². The van der Waals surface area contributed by atoms with Crippen molar-refractivity contribution in [3.63, 3.8) is 0 Å². The topological polar surface area (TPSA) is 62.4 Å². The van der Waals surface area contributed by atoms with Crippen LogP contribution < -0.4 is 16.4 Å². The Kier molecular flexibility index (Phi) is 5.64. The van der Waals surface area contributed by atoms with Gasteiger partial charge in [-0.1, -0.05) is 54.1 Å². The number of amidine groups is 1. The molecule has 1 aliphatic rings. The number of nitrogens with one attached hydrogen (secondary N) is 2. The molecule has 0 aromatic heterocycles. The van der Waals surface area contributed by atoms with E-state index in [1.54, 1.807) is 0 Å². The second-order valence-electron chi connectivity index (χ2n) is 6.78. The second-order valence-corrected chi connectivity index (χ2v) is 7.21. The average Bonchev–Trinajstić information content (AvgIpc) is 2.61. The minimum Gasteiger partial charge on any atom is -0.354 e. The molecule has 3 rings (SSSR count). The van der Waals surface area contributed by atoms with Crippen LogP contribution in [0.4, 0.5) is 0 Å². The summed E-state index contributed by atoms with van der Waals surface area (Å²) in [5, 5.41) is 7.44. The Bertz CT molecular complexity index is 799. The average molecular weight is 369 g/mol. The SMILES string of the molecule is CC1=CC(=N[C@@H](C)c2ccccc2)NC(N)(CCc2ccc(Cl)cc2)N1. The van der Waals surface area contributed by atoms with Crippen molar-refractivity contribution >= 4 is 17.4 Å². The molecule has 4 nitrogen and oxygen atoms in total. The molecule has 0 saturated heterocycles. The van der Waals surface area contributed by atoms with Crippen molar-refractivity contribution in [2.24, 2.45) is 10.7 Å².